The molecule has 1 aromatic carbocycles. The summed E-state index contributed by atoms with van der Waals surface area (Å²) in [5.41, 5.74) is 5.93. The summed E-state index contributed by atoms with van der Waals surface area (Å²) in [6.07, 6.45) is 9.39. The quantitative estimate of drug-likeness (QED) is 0.445. The molecule has 6 heteroatoms. The number of benzene rings is 1. The number of carbonyl (C=O) groups excluding carboxylic acids is 1. The van der Waals surface area contributed by atoms with E-state index in [1.807, 2.05) is 30.3 Å². The van der Waals surface area contributed by atoms with E-state index < -0.39 is 5.54 Å². The summed E-state index contributed by atoms with van der Waals surface area (Å²) >= 11 is 0. The average molecular weight is 368 g/mol. The molecule has 1 aromatic heterocycles. The first-order valence-electron chi connectivity index (χ1n) is 9.58. The molecule has 0 amide bonds. The third-order valence-corrected chi connectivity index (χ3v) is 5.29. The molecule has 1 unspecified atom stereocenters. The maximum absolute atomic E-state index is 12.1. The van der Waals surface area contributed by atoms with Crippen molar-refractivity contribution in [1.29, 1.82) is 0 Å². The van der Waals surface area contributed by atoms with Gasteiger partial charge in [-0.15, -0.1) is 0 Å². The lowest BCUT2D eigenvalue weighted by molar-refractivity contribution is -0.114. The van der Waals surface area contributed by atoms with E-state index in [1.165, 1.54) is 19.3 Å². The van der Waals surface area contributed by atoms with Gasteiger partial charge in [-0.1, -0.05) is 38.2 Å². The van der Waals surface area contributed by atoms with Crippen LogP contribution in [0.1, 0.15) is 38.5 Å². The number of hydrogen-bond donors (Lipinski definition) is 2. The minimum Gasteiger partial charge on any atom is -0.491 e. The van der Waals surface area contributed by atoms with Crippen molar-refractivity contribution >= 4 is 23.1 Å². The van der Waals surface area contributed by atoms with Crippen molar-refractivity contribution in [1.82, 2.24) is 10.3 Å². The van der Waals surface area contributed by atoms with Gasteiger partial charge in [-0.3, -0.25) is 9.98 Å². The third-order valence-electron chi connectivity index (χ3n) is 5.29. The Bertz CT molecular complexity index is 802. The summed E-state index contributed by atoms with van der Waals surface area (Å²) in [6, 6.07) is 9.62. The summed E-state index contributed by atoms with van der Waals surface area (Å²) in [5.74, 6) is 1.45. The number of guanidine groups is 1. The van der Waals surface area contributed by atoms with Gasteiger partial charge in [-0.25, -0.2) is 0 Å². The van der Waals surface area contributed by atoms with Crippen molar-refractivity contribution in [3.63, 3.8) is 0 Å². The van der Waals surface area contributed by atoms with E-state index in [9.17, 15) is 4.79 Å². The van der Waals surface area contributed by atoms with Crippen LogP contribution in [-0.4, -0.2) is 36.4 Å². The highest BCUT2D eigenvalue weighted by Crippen LogP contribution is 2.31. The van der Waals surface area contributed by atoms with Gasteiger partial charge in [-0.05, 0) is 36.6 Å². The van der Waals surface area contributed by atoms with Gasteiger partial charge in [0.1, 0.15) is 24.2 Å². The fourth-order valence-corrected chi connectivity index (χ4v) is 3.83. The van der Waals surface area contributed by atoms with E-state index in [2.05, 4.69) is 15.3 Å². The number of aromatic nitrogens is 1. The third kappa shape index (κ3) is 4.96. The van der Waals surface area contributed by atoms with E-state index in [0.717, 1.165) is 30.0 Å². The van der Waals surface area contributed by atoms with Crippen molar-refractivity contribution in [3.05, 3.63) is 36.5 Å². The lowest BCUT2D eigenvalue weighted by Gasteiger charge is -2.34. The van der Waals surface area contributed by atoms with Crippen molar-refractivity contribution < 1.29 is 9.53 Å². The molecule has 27 heavy (non-hydrogen) atoms. The molecule has 1 aliphatic rings. The summed E-state index contributed by atoms with van der Waals surface area (Å²) in [6.45, 7) is 0.203. The van der Waals surface area contributed by atoms with Crippen LogP contribution in [0.15, 0.2) is 41.5 Å². The van der Waals surface area contributed by atoms with Crippen LogP contribution in [0.2, 0.25) is 0 Å². The van der Waals surface area contributed by atoms with Gasteiger partial charge >= 0.3 is 0 Å². The van der Waals surface area contributed by atoms with Gasteiger partial charge in [0.05, 0.1) is 5.52 Å². The number of hydrogen-bond acceptors (Lipinski definition) is 4. The van der Waals surface area contributed by atoms with Crippen molar-refractivity contribution in [3.8, 4) is 5.75 Å². The number of ether oxygens (including phenoxy) is 1. The van der Waals surface area contributed by atoms with Crippen LogP contribution in [0.3, 0.4) is 0 Å². The molecule has 0 spiro atoms. The Labute approximate surface area is 160 Å². The zero-order valence-electron chi connectivity index (χ0n) is 15.9. The van der Waals surface area contributed by atoms with Crippen molar-refractivity contribution in [2.24, 2.45) is 16.6 Å². The minimum absolute atomic E-state index is 0.203. The monoisotopic (exact) mass is 368 g/mol. The molecule has 3 rings (SSSR count). The minimum atomic E-state index is -0.879. The molecule has 0 radical (unpaired) electrons. The number of aliphatic imine (C=N–C) groups is 1. The average Bonchev–Trinajstić information content (AvgIpc) is 2.72. The largest absolute Gasteiger partial charge is 0.491 e. The SMILES string of the molecule is CN=C(N)NC(C=O)(COc1ccc2ncccc2c1)CC1CCCCC1. The summed E-state index contributed by atoms with van der Waals surface area (Å²) < 4.78 is 6.03. The van der Waals surface area contributed by atoms with Crippen LogP contribution in [-0.2, 0) is 4.79 Å². The molecular weight excluding hydrogens is 340 g/mol. The zero-order chi connectivity index (χ0) is 19.1. The van der Waals surface area contributed by atoms with E-state index in [-0.39, 0.29) is 12.6 Å². The van der Waals surface area contributed by atoms with Gasteiger partial charge in [0.2, 0.25) is 0 Å². The second-order valence-corrected chi connectivity index (χ2v) is 7.36. The Balaban J connectivity index is 1.76. The fourth-order valence-electron chi connectivity index (χ4n) is 3.83. The van der Waals surface area contributed by atoms with Gasteiger partial charge in [0, 0.05) is 18.6 Å². The number of carbonyl (C=O) groups is 1. The fraction of sp³-hybridized carbons (Fsp3) is 0.476. The van der Waals surface area contributed by atoms with Gasteiger partial charge in [0.25, 0.3) is 0 Å². The van der Waals surface area contributed by atoms with Crippen LogP contribution >= 0.6 is 0 Å². The lowest BCUT2D eigenvalue weighted by atomic mass is 9.80. The molecule has 0 bridgehead atoms. The second-order valence-electron chi connectivity index (χ2n) is 7.36. The first kappa shape index (κ1) is 19.1. The molecule has 0 saturated heterocycles. The van der Waals surface area contributed by atoms with Crippen LogP contribution < -0.4 is 15.8 Å². The highest BCUT2D eigenvalue weighted by molar-refractivity contribution is 5.83. The Kier molecular flexibility index (Phi) is 6.27. The Morgan fingerprint density at radius 2 is 2.19 bits per heavy atom. The number of nitrogens with zero attached hydrogens (tertiary/aromatic N) is 2. The highest BCUT2D eigenvalue weighted by atomic mass is 16.5. The predicted octanol–water partition coefficient (Wildman–Crippen LogP) is 3.06. The summed E-state index contributed by atoms with van der Waals surface area (Å²) in [7, 11) is 1.61. The van der Waals surface area contributed by atoms with Crippen LogP contribution in [0, 0.1) is 5.92 Å². The maximum atomic E-state index is 12.1. The molecule has 1 atom stereocenters. The molecule has 1 fully saturated rings. The number of aldehydes is 1. The van der Waals surface area contributed by atoms with E-state index >= 15 is 0 Å². The first-order chi connectivity index (χ1) is 13.1. The highest BCUT2D eigenvalue weighted by Gasteiger charge is 2.35. The number of pyridine rings is 1. The molecule has 6 nitrogen and oxygen atoms in total. The predicted molar refractivity (Wildman–Crippen MR) is 108 cm³/mol. The Hall–Kier alpha value is -2.63. The number of fused-ring (bicyclic) bond motifs is 1. The zero-order valence-corrected chi connectivity index (χ0v) is 15.9. The number of rotatable bonds is 7. The standard InChI is InChI=1S/C21H28N4O2/c1-23-20(22)25-21(14-26,13-16-6-3-2-4-7-16)15-27-18-9-10-19-17(12-18)8-5-11-24-19/h5,8-12,14,16H,2-4,6-7,13,15H2,1H3,(H3,22,23,25). The molecule has 1 aliphatic carbocycles. The van der Waals surface area contributed by atoms with Crippen molar-refractivity contribution in [2.45, 2.75) is 44.1 Å². The van der Waals surface area contributed by atoms with Gasteiger partial charge in [0.15, 0.2) is 5.96 Å². The van der Waals surface area contributed by atoms with Crippen LogP contribution in [0.25, 0.3) is 10.9 Å². The second kappa shape index (κ2) is 8.84. The maximum Gasteiger partial charge on any atom is 0.189 e. The summed E-state index contributed by atoms with van der Waals surface area (Å²) in [5, 5.41) is 4.11. The van der Waals surface area contributed by atoms with E-state index in [4.69, 9.17) is 10.5 Å². The molecule has 1 saturated carbocycles. The summed E-state index contributed by atoms with van der Waals surface area (Å²) in [4.78, 5) is 20.4. The molecule has 2 aromatic rings. The van der Waals surface area contributed by atoms with E-state index in [1.54, 1.807) is 13.2 Å². The number of nitrogens with one attached hydrogen (secondary N) is 1. The Morgan fingerprint density at radius 3 is 2.93 bits per heavy atom. The molecule has 0 aliphatic heterocycles. The van der Waals surface area contributed by atoms with Crippen LogP contribution in [0.4, 0.5) is 0 Å². The molecule has 1 heterocycles. The smallest absolute Gasteiger partial charge is 0.189 e. The first-order valence-corrected chi connectivity index (χ1v) is 9.58. The van der Waals surface area contributed by atoms with Gasteiger partial charge < -0.3 is 20.6 Å². The van der Waals surface area contributed by atoms with E-state index in [0.29, 0.717) is 18.1 Å². The van der Waals surface area contributed by atoms with Crippen LogP contribution in [0.5, 0.6) is 5.75 Å². The van der Waals surface area contributed by atoms with Crippen molar-refractivity contribution in [2.75, 3.05) is 13.7 Å². The van der Waals surface area contributed by atoms with Gasteiger partial charge in [-0.2, -0.15) is 0 Å². The molecular formula is C21H28N4O2. The molecule has 144 valence electrons. The number of nitrogens with two attached hydrogens (primary N) is 1. The topological polar surface area (TPSA) is 89.6 Å². The Morgan fingerprint density at radius 1 is 1.37 bits per heavy atom. The lowest BCUT2D eigenvalue weighted by Crippen LogP contribution is -2.57. The normalized spacial score (nSPS) is 18.0. The molecule has 3 N–H and O–H groups in total.